The number of nitrogens with zero attached hydrogens (tertiary/aromatic N) is 1. The first kappa shape index (κ1) is 11.8. The fourth-order valence-electron chi connectivity index (χ4n) is 1.38. The van der Waals surface area contributed by atoms with Crippen LogP contribution in [0.15, 0.2) is 39.4 Å². The van der Waals surface area contributed by atoms with Crippen LogP contribution in [0.1, 0.15) is 11.5 Å². The zero-order chi connectivity index (χ0) is 13.1. The molecule has 2 aromatic heterocycles. The summed E-state index contributed by atoms with van der Waals surface area (Å²) in [7, 11) is 0. The quantitative estimate of drug-likeness (QED) is 0.494. The molecule has 2 aromatic rings. The lowest BCUT2D eigenvalue weighted by atomic mass is 10.1. The van der Waals surface area contributed by atoms with Gasteiger partial charge in [0.15, 0.2) is 0 Å². The van der Waals surface area contributed by atoms with Gasteiger partial charge in [-0.3, -0.25) is 15.8 Å². The molecule has 7 heteroatoms. The van der Waals surface area contributed by atoms with Gasteiger partial charge in [-0.1, -0.05) is 0 Å². The van der Waals surface area contributed by atoms with Crippen molar-refractivity contribution < 1.29 is 24.3 Å². The second kappa shape index (κ2) is 4.68. The standard InChI is InChI=1S/C11H8N2O5/c12-11(14)8(9-2-1-5-17-9)6-7-3-4-10(18-7)13(15)16/h1-6H,(H2,12,14)/p+1/b8-6+. The molecule has 2 heterocycles. The minimum atomic E-state index is -0.657. The summed E-state index contributed by atoms with van der Waals surface area (Å²) in [6.45, 7) is 0. The Morgan fingerprint density at radius 3 is 2.67 bits per heavy atom. The molecular weight excluding hydrogens is 240 g/mol. The van der Waals surface area contributed by atoms with Crippen molar-refractivity contribution in [3.05, 3.63) is 52.2 Å². The monoisotopic (exact) mass is 249 g/mol. The van der Waals surface area contributed by atoms with E-state index in [1.807, 2.05) is 0 Å². The summed E-state index contributed by atoms with van der Waals surface area (Å²) in [5.74, 6) is -0.347. The van der Waals surface area contributed by atoms with Crippen LogP contribution in [0.25, 0.3) is 11.6 Å². The highest BCUT2D eigenvalue weighted by Gasteiger charge is 2.17. The van der Waals surface area contributed by atoms with Crippen LogP contribution >= 0.6 is 0 Å². The predicted octanol–water partition coefficient (Wildman–Crippen LogP) is 1.09. The van der Waals surface area contributed by atoms with E-state index in [-0.39, 0.29) is 11.3 Å². The van der Waals surface area contributed by atoms with Crippen molar-refractivity contribution in [2.75, 3.05) is 0 Å². The van der Waals surface area contributed by atoms with Gasteiger partial charge < -0.3 is 8.83 Å². The maximum atomic E-state index is 11.4. The predicted molar refractivity (Wildman–Crippen MR) is 59.8 cm³/mol. The molecule has 18 heavy (non-hydrogen) atoms. The summed E-state index contributed by atoms with van der Waals surface area (Å²) in [5.41, 5.74) is 3.47. The second-order valence-electron chi connectivity index (χ2n) is 3.39. The Balaban J connectivity index is 2.39. The third-order valence-electron chi connectivity index (χ3n) is 2.17. The van der Waals surface area contributed by atoms with Gasteiger partial charge in [-0.05, 0) is 18.2 Å². The molecule has 0 bridgehead atoms. The van der Waals surface area contributed by atoms with E-state index in [2.05, 4.69) is 5.73 Å². The first-order valence-corrected chi connectivity index (χ1v) is 4.94. The molecule has 92 valence electrons. The maximum Gasteiger partial charge on any atom is 0.433 e. The van der Waals surface area contributed by atoms with E-state index >= 15 is 0 Å². The van der Waals surface area contributed by atoms with Crippen molar-refractivity contribution in [3.8, 4) is 0 Å². The van der Waals surface area contributed by atoms with E-state index in [4.69, 9.17) is 8.83 Å². The van der Waals surface area contributed by atoms with Gasteiger partial charge in [0.1, 0.15) is 22.0 Å². The SMILES string of the molecule is [NH3+]C(=O)/C(=C/c1ccc([N+](=O)[O-])o1)c1ccco1. The lowest BCUT2D eigenvalue weighted by Crippen LogP contribution is -2.57. The molecule has 0 aliphatic rings. The van der Waals surface area contributed by atoms with Crippen LogP contribution in [-0.4, -0.2) is 10.8 Å². The normalized spacial score (nSPS) is 11.5. The topological polar surface area (TPSA) is 114 Å². The summed E-state index contributed by atoms with van der Waals surface area (Å²) in [6.07, 6.45) is 2.76. The number of nitro groups is 1. The lowest BCUT2D eigenvalue weighted by molar-refractivity contribution is -0.402. The van der Waals surface area contributed by atoms with E-state index < -0.39 is 16.7 Å². The summed E-state index contributed by atoms with van der Waals surface area (Å²) in [6, 6.07) is 5.81. The molecule has 3 N–H and O–H groups in total. The minimum Gasteiger partial charge on any atom is -0.464 e. The molecule has 0 aliphatic carbocycles. The van der Waals surface area contributed by atoms with Gasteiger partial charge in [-0.25, -0.2) is 4.79 Å². The van der Waals surface area contributed by atoms with Crippen LogP contribution < -0.4 is 5.73 Å². The minimum absolute atomic E-state index is 0.184. The number of quaternary nitrogens is 1. The molecule has 0 aromatic carbocycles. The first-order valence-electron chi connectivity index (χ1n) is 4.94. The van der Waals surface area contributed by atoms with Crippen molar-refractivity contribution >= 4 is 23.4 Å². The second-order valence-corrected chi connectivity index (χ2v) is 3.39. The number of furan rings is 2. The highest BCUT2D eigenvalue weighted by Crippen LogP contribution is 2.22. The Morgan fingerprint density at radius 2 is 2.17 bits per heavy atom. The number of amides is 1. The summed E-state index contributed by atoms with van der Waals surface area (Å²) < 4.78 is 10.0. The summed E-state index contributed by atoms with van der Waals surface area (Å²) in [4.78, 5) is 21.2. The number of carbonyl (C=O) groups excluding carboxylic acids is 1. The van der Waals surface area contributed by atoms with Crippen molar-refractivity contribution in [2.45, 2.75) is 0 Å². The Morgan fingerprint density at radius 1 is 1.39 bits per heavy atom. The number of rotatable bonds is 4. The van der Waals surface area contributed by atoms with Crippen molar-refractivity contribution in [1.29, 1.82) is 0 Å². The van der Waals surface area contributed by atoms with Crippen LogP contribution in [0.4, 0.5) is 5.88 Å². The van der Waals surface area contributed by atoms with Gasteiger partial charge in [-0.2, -0.15) is 0 Å². The van der Waals surface area contributed by atoms with Crippen LogP contribution in [0.5, 0.6) is 0 Å². The highest BCUT2D eigenvalue weighted by molar-refractivity contribution is 6.18. The molecular formula is C11H9N2O5+. The fourth-order valence-corrected chi connectivity index (χ4v) is 1.38. The Labute approximate surface area is 101 Å². The third-order valence-corrected chi connectivity index (χ3v) is 2.17. The molecule has 0 saturated heterocycles. The maximum absolute atomic E-state index is 11.4. The number of hydrogen-bond donors (Lipinski definition) is 1. The van der Waals surface area contributed by atoms with Gasteiger partial charge in [-0.15, -0.1) is 0 Å². The molecule has 0 fully saturated rings. The lowest BCUT2D eigenvalue weighted by Gasteiger charge is -1.94. The zero-order valence-corrected chi connectivity index (χ0v) is 9.16. The smallest absolute Gasteiger partial charge is 0.433 e. The molecule has 2 rings (SSSR count). The Kier molecular flexibility index (Phi) is 3.07. The Bertz CT molecular complexity index is 609. The van der Waals surface area contributed by atoms with E-state index in [0.717, 1.165) is 0 Å². The summed E-state index contributed by atoms with van der Waals surface area (Å²) >= 11 is 0. The average molecular weight is 249 g/mol. The zero-order valence-electron chi connectivity index (χ0n) is 9.16. The first-order chi connectivity index (χ1) is 8.58. The van der Waals surface area contributed by atoms with E-state index in [1.54, 1.807) is 12.1 Å². The van der Waals surface area contributed by atoms with Crippen LogP contribution in [0, 0.1) is 10.1 Å². The van der Waals surface area contributed by atoms with Crippen LogP contribution in [-0.2, 0) is 4.79 Å². The van der Waals surface area contributed by atoms with Crippen molar-refractivity contribution in [2.24, 2.45) is 0 Å². The van der Waals surface area contributed by atoms with Crippen molar-refractivity contribution in [1.82, 2.24) is 0 Å². The summed E-state index contributed by atoms with van der Waals surface area (Å²) in [5, 5.41) is 10.5. The molecule has 0 radical (unpaired) electrons. The fraction of sp³-hybridized carbons (Fsp3) is 0. The molecule has 0 aliphatic heterocycles. The van der Waals surface area contributed by atoms with E-state index in [9.17, 15) is 14.9 Å². The van der Waals surface area contributed by atoms with Crippen LogP contribution in [0.2, 0.25) is 0 Å². The third kappa shape index (κ3) is 2.36. The number of carbonyl (C=O) groups is 1. The molecule has 0 spiro atoms. The van der Waals surface area contributed by atoms with E-state index in [0.29, 0.717) is 5.76 Å². The average Bonchev–Trinajstić information content (AvgIpc) is 2.96. The molecule has 7 nitrogen and oxygen atoms in total. The molecule has 0 saturated carbocycles. The molecule has 0 unspecified atom stereocenters. The van der Waals surface area contributed by atoms with Gasteiger partial charge in [0.05, 0.1) is 12.3 Å². The van der Waals surface area contributed by atoms with Gasteiger partial charge in [0, 0.05) is 6.08 Å². The molecule has 1 amide bonds. The van der Waals surface area contributed by atoms with Gasteiger partial charge in [0.25, 0.3) is 0 Å². The van der Waals surface area contributed by atoms with Gasteiger partial charge >= 0.3 is 11.8 Å². The molecule has 0 atom stereocenters. The van der Waals surface area contributed by atoms with Crippen molar-refractivity contribution in [3.63, 3.8) is 0 Å². The number of hydrogen-bond acceptors (Lipinski definition) is 5. The van der Waals surface area contributed by atoms with E-state index in [1.165, 1.54) is 24.5 Å². The van der Waals surface area contributed by atoms with Gasteiger partial charge in [0.2, 0.25) is 0 Å². The van der Waals surface area contributed by atoms with Crippen LogP contribution in [0.3, 0.4) is 0 Å². The largest absolute Gasteiger partial charge is 0.464 e. The Hall–Kier alpha value is -2.67. The highest BCUT2D eigenvalue weighted by atomic mass is 16.6.